The Balaban J connectivity index is 2.74. The van der Waals surface area contributed by atoms with Crippen molar-refractivity contribution in [3.63, 3.8) is 0 Å². The van der Waals surface area contributed by atoms with Crippen LogP contribution in [0.3, 0.4) is 0 Å². The lowest BCUT2D eigenvalue weighted by Gasteiger charge is -2.07. The molecular formula is C13H6F4O2. The Labute approximate surface area is 104 Å². The number of halogens is 4. The molecule has 2 rings (SSSR count). The maximum atomic E-state index is 13.6. The number of hydrogen-bond donors (Lipinski definition) is 1. The van der Waals surface area contributed by atoms with Crippen molar-refractivity contribution in [2.75, 3.05) is 0 Å². The molecule has 0 aliphatic heterocycles. The Kier molecular flexibility index (Phi) is 3.25. The fraction of sp³-hybridized carbons (Fsp3) is 0. The lowest BCUT2D eigenvalue weighted by molar-refractivity contribution is 0.0696. The number of aromatic carboxylic acids is 1. The zero-order valence-corrected chi connectivity index (χ0v) is 9.25. The number of carbonyl (C=O) groups is 1. The Morgan fingerprint density at radius 3 is 2.21 bits per heavy atom. The maximum Gasteiger partial charge on any atom is 0.335 e. The van der Waals surface area contributed by atoms with Crippen LogP contribution in [0.2, 0.25) is 0 Å². The molecule has 2 nitrogen and oxygen atoms in total. The van der Waals surface area contributed by atoms with Crippen LogP contribution in [0.4, 0.5) is 17.6 Å². The zero-order valence-electron chi connectivity index (χ0n) is 9.25. The quantitative estimate of drug-likeness (QED) is 0.846. The van der Waals surface area contributed by atoms with Crippen LogP contribution in [-0.2, 0) is 0 Å². The minimum Gasteiger partial charge on any atom is -0.478 e. The summed E-state index contributed by atoms with van der Waals surface area (Å²) in [6.45, 7) is 0. The van der Waals surface area contributed by atoms with E-state index in [9.17, 15) is 22.4 Å². The number of hydrogen-bond acceptors (Lipinski definition) is 1. The van der Waals surface area contributed by atoms with E-state index in [0.29, 0.717) is 12.1 Å². The predicted molar refractivity (Wildman–Crippen MR) is 58.7 cm³/mol. The molecule has 0 aliphatic rings. The summed E-state index contributed by atoms with van der Waals surface area (Å²) in [7, 11) is 0. The largest absolute Gasteiger partial charge is 0.478 e. The van der Waals surface area contributed by atoms with Crippen molar-refractivity contribution in [1.29, 1.82) is 0 Å². The number of rotatable bonds is 2. The molecule has 2 aromatic carbocycles. The molecule has 0 heterocycles. The molecule has 19 heavy (non-hydrogen) atoms. The van der Waals surface area contributed by atoms with Crippen molar-refractivity contribution < 1.29 is 27.5 Å². The summed E-state index contributed by atoms with van der Waals surface area (Å²) in [6.07, 6.45) is 0. The lowest BCUT2D eigenvalue weighted by Crippen LogP contribution is -2.01. The van der Waals surface area contributed by atoms with Crippen LogP contribution in [0.1, 0.15) is 10.4 Å². The molecule has 0 aliphatic carbocycles. The Bertz CT molecular complexity index is 668. The first-order valence-corrected chi connectivity index (χ1v) is 5.08. The third-order valence-electron chi connectivity index (χ3n) is 2.49. The monoisotopic (exact) mass is 270 g/mol. The van der Waals surface area contributed by atoms with Crippen LogP contribution < -0.4 is 0 Å². The van der Waals surface area contributed by atoms with E-state index in [1.54, 1.807) is 0 Å². The van der Waals surface area contributed by atoms with Gasteiger partial charge in [0.15, 0.2) is 11.6 Å². The molecule has 1 N–H and O–H groups in total. The molecule has 0 fully saturated rings. The molecule has 0 aromatic heterocycles. The molecule has 0 unspecified atom stereocenters. The van der Waals surface area contributed by atoms with Gasteiger partial charge in [-0.3, -0.25) is 0 Å². The summed E-state index contributed by atoms with van der Waals surface area (Å²) in [5, 5.41) is 8.74. The van der Waals surface area contributed by atoms with Gasteiger partial charge in [-0.1, -0.05) is 0 Å². The van der Waals surface area contributed by atoms with Gasteiger partial charge in [-0.2, -0.15) is 0 Å². The second kappa shape index (κ2) is 4.72. The second-order valence-electron chi connectivity index (χ2n) is 3.75. The maximum absolute atomic E-state index is 13.6. The number of benzene rings is 2. The Morgan fingerprint density at radius 2 is 1.58 bits per heavy atom. The highest BCUT2D eigenvalue weighted by Gasteiger charge is 2.18. The van der Waals surface area contributed by atoms with Crippen LogP contribution in [-0.4, -0.2) is 11.1 Å². The van der Waals surface area contributed by atoms with Crippen LogP contribution >= 0.6 is 0 Å². The van der Waals surface area contributed by atoms with Crippen molar-refractivity contribution in [2.45, 2.75) is 0 Å². The number of carboxylic acid groups (broad SMARTS) is 1. The third-order valence-corrected chi connectivity index (χ3v) is 2.49. The molecule has 98 valence electrons. The molecule has 0 bridgehead atoms. The molecule has 0 amide bonds. The fourth-order valence-electron chi connectivity index (χ4n) is 1.61. The van der Waals surface area contributed by atoms with Gasteiger partial charge in [0.05, 0.1) is 5.56 Å². The van der Waals surface area contributed by atoms with Gasteiger partial charge in [0.2, 0.25) is 0 Å². The van der Waals surface area contributed by atoms with Crippen molar-refractivity contribution in [2.24, 2.45) is 0 Å². The fourth-order valence-corrected chi connectivity index (χ4v) is 1.61. The van der Waals surface area contributed by atoms with E-state index >= 15 is 0 Å². The number of carboxylic acids is 1. The minimum absolute atomic E-state index is 0.471. The van der Waals surface area contributed by atoms with Gasteiger partial charge >= 0.3 is 5.97 Å². The summed E-state index contributed by atoms with van der Waals surface area (Å²) in [6, 6.07) is 3.44. The molecular weight excluding hydrogens is 264 g/mol. The molecule has 0 radical (unpaired) electrons. The molecule has 0 saturated carbocycles. The lowest BCUT2D eigenvalue weighted by atomic mass is 10.0. The first-order chi connectivity index (χ1) is 8.90. The van der Waals surface area contributed by atoms with E-state index in [0.717, 1.165) is 18.2 Å². The topological polar surface area (TPSA) is 37.3 Å². The SMILES string of the molecule is O=C(O)c1cc(F)c(F)c(-c2cc(F)ccc2F)c1. The van der Waals surface area contributed by atoms with Gasteiger partial charge in [0, 0.05) is 11.1 Å². The van der Waals surface area contributed by atoms with E-state index in [-0.39, 0.29) is 0 Å². The van der Waals surface area contributed by atoms with Crippen LogP contribution in [0.5, 0.6) is 0 Å². The van der Waals surface area contributed by atoms with E-state index in [4.69, 9.17) is 5.11 Å². The molecule has 0 atom stereocenters. The van der Waals surface area contributed by atoms with Gasteiger partial charge < -0.3 is 5.11 Å². The summed E-state index contributed by atoms with van der Waals surface area (Å²) in [5.74, 6) is -6.22. The van der Waals surface area contributed by atoms with Crippen molar-refractivity contribution in [3.05, 3.63) is 59.2 Å². The van der Waals surface area contributed by atoms with Gasteiger partial charge in [0.1, 0.15) is 11.6 Å². The van der Waals surface area contributed by atoms with E-state index in [1.807, 2.05) is 0 Å². The van der Waals surface area contributed by atoms with Crippen LogP contribution in [0.15, 0.2) is 30.3 Å². The van der Waals surface area contributed by atoms with Crippen molar-refractivity contribution in [3.8, 4) is 11.1 Å². The summed E-state index contributed by atoms with van der Waals surface area (Å²) in [4.78, 5) is 10.7. The standard InChI is InChI=1S/C13H6F4O2/c14-7-1-2-10(15)8(5-7)9-3-6(13(18)19)4-11(16)12(9)17/h1-5H,(H,18,19). The van der Waals surface area contributed by atoms with Crippen molar-refractivity contribution >= 4 is 5.97 Å². The highest BCUT2D eigenvalue weighted by Crippen LogP contribution is 2.29. The van der Waals surface area contributed by atoms with Gasteiger partial charge in [0.25, 0.3) is 0 Å². The average Bonchev–Trinajstić information content (AvgIpc) is 2.35. The average molecular weight is 270 g/mol. The van der Waals surface area contributed by atoms with E-state index in [1.165, 1.54) is 0 Å². The molecule has 0 spiro atoms. The van der Waals surface area contributed by atoms with Crippen LogP contribution in [0, 0.1) is 23.3 Å². The minimum atomic E-state index is -1.50. The predicted octanol–water partition coefficient (Wildman–Crippen LogP) is 3.61. The third kappa shape index (κ3) is 2.42. The smallest absolute Gasteiger partial charge is 0.335 e. The molecule has 2 aromatic rings. The highest BCUT2D eigenvalue weighted by molar-refractivity contribution is 5.89. The summed E-state index contributed by atoms with van der Waals surface area (Å²) in [5.41, 5.74) is -1.74. The van der Waals surface area contributed by atoms with Gasteiger partial charge in [-0.05, 0) is 30.3 Å². The van der Waals surface area contributed by atoms with Crippen LogP contribution in [0.25, 0.3) is 11.1 Å². The summed E-state index contributed by atoms with van der Waals surface area (Å²) < 4.78 is 53.4. The summed E-state index contributed by atoms with van der Waals surface area (Å²) >= 11 is 0. The Hall–Kier alpha value is -2.37. The van der Waals surface area contributed by atoms with Gasteiger partial charge in [-0.15, -0.1) is 0 Å². The first kappa shape index (κ1) is 13.1. The first-order valence-electron chi connectivity index (χ1n) is 5.08. The van der Waals surface area contributed by atoms with Gasteiger partial charge in [-0.25, -0.2) is 22.4 Å². The highest BCUT2D eigenvalue weighted by atomic mass is 19.2. The van der Waals surface area contributed by atoms with E-state index in [2.05, 4.69) is 0 Å². The molecule has 0 saturated heterocycles. The zero-order chi connectivity index (χ0) is 14.2. The Morgan fingerprint density at radius 1 is 0.895 bits per heavy atom. The van der Waals surface area contributed by atoms with E-state index < -0.39 is 45.9 Å². The van der Waals surface area contributed by atoms with Crippen molar-refractivity contribution in [1.82, 2.24) is 0 Å². The second-order valence-corrected chi connectivity index (χ2v) is 3.75. The molecule has 6 heteroatoms. The normalized spacial score (nSPS) is 10.5.